The molecule has 0 radical (unpaired) electrons. The molecule has 1 unspecified atom stereocenters. The average Bonchev–Trinajstić information content (AvgIpc) is 3.30. The van der Waals surface area contributed by atoms with Gasteiger partial charge in [-0.2, -0.15) is 0 Å². The van der Waals surface area contributed by atoms with E-state index < -0.39 is 28.9 Å². The van der Waals surface area contributed by atoms with Gasteiger partial charge in [-0.1, -0.05) is 30.3 Å². The van der Waals surface area contributed by atoms with Gasteiger partial charge < -0.3 is 24.6 Å². The minimum absolute atomic E-state index is 0.155. The van der Waals surface area contributed by atoms with Crippen LogP contribution in [0.5, 0.6) is 11.5 Å². The molecule has 1 amide bonds. The molecule has 0 saturated carbocycles. The summed E-state index contributed by atoms with van der Waals surface area (Å²) in [5.41, 5.74) is 0.804. The summed E-state index contributed by atoms with van der Waals surface area (Å²) in [6, 6.07) is 18.3. The summed E-state index contributed by atoms with van der Waals surface area (Å²) in [5, 5.41) is 14.5. The third kappa shape index (κ3) is 5.05. The zero-order chi connectivity index (χ0) is 28.4. The number of H-pyrrole nitrogens is 1. The van der Waals surface area contributed by atoms with Crippen LogP contribution >= 0.6 is 0 Å². The van der Waals surface area contributed by atoms with E-state index in [1.54, 1.807) is 24.3 Å². The number of methoxy groups -OCH3 is 1. The number of amides is 1. The van der Waals surface area contributed by atoms with Gasteiger partial charge in [0, 0.05) is 34.8 Å². The Labute approximate surface area is 228 Å². The van der Waals surface area contributed by atoms with E-state index in [4.69, 9.17) is 9.15 Å². The number of nitrogens with one attached hydrogen (secondary N) is 2. The number of rotatable bonds is 8. The van der Waals surface area contributed by atoms with Crippen molar-refractivity contribution in [3.63, 3.8) is 0 Å². The molecule has 0 bridgehead atoms. The van der Waals surface area contributed by atoms with Crippen LogP contribution in [0.2, 0.25) is 0 Å². The molecule has 0 aliphatic rings. The second-order valence-corrected chi connectivity index (χ2v) is 9.31. The number of ether oxygens (including phenoxy) is 1. The van der Waals surface area contributed by atoms with E-state index in [-0.39, 0.29) is 35.8 Å². The summed E-state index contributed by atoms with van der Waals surface area (Å²) in [7, 11) is 1.48. The molecule has 5 aromatic rings. The van der Waals surface area contributed by atoms with E-state index in [9.17, 15) is 19.1 Å². The van der Waals surface area contributed by atoms with Crippen molar-refractivity contribution in [3.05, 3.63) is 129 Å². The molecule has 2 heterocycles. The molecule has 0 aliphatic heterocycles. The molecule has 1 atom stereocenters. The van der Waals surface area contributed by atoms with Crippen LogP contribution in [0.3, 0.4) is 0 Å². The standard InChI is InChI=1S/C31H26F2N2O5/c1-17-15-25(36)28(31(38)40-17)27(22-16-18(32)11-12-23(22)33)29-20(19-7-3-5-9-24(19)35-29)13-14-34-30(37)21-8-4-6-10-26(21)39-2/h3-12,15-16,27,35-36H,13-14H2,1-2H3,(H,34,37). The molecule has 0 fully saturated rings. The van der Waals surface area contributed by atoms with Gasteiger partial charge in [-0.05, 0) is 55.3 Å². The van der Waals surface area contributed by atoms with Gasteiger partial charge >= 0.3 is 5.63 Å². The number of hydrogen-bond donors (Lipinski definition) is 3. The molecule has 0 spiro atoms. The SMILES string of the molecule is COc1ccccc1C(=O)NCCc1c(C(c2cc(F)ccc2F)c2c(O)cc(C)oc2=O)[nH]c2ccccc12. The zero-order valence-corrected chi connectivity index (χ0v) is 21.8. The highest BCUT2D eigenvalue weighted by molar-refractivity contribution is 5.97. The lowest BCUT2D eigenvalue weighted by atomic mass is 9.85. The lowest BCUT2D eigenvalue weighted by Gasteiger charge is -2.20. The first-order valence-corrected chi connectivity index (χ1v) is 12.6. The highest BCUT2D eigenvalue weighted by Crippen LogP contribution is 2.40. The van der Waals surface area contributed by atoms with Crippen molar-refractivity contribution in [3.8, 4) is 11.5 Å². The van der Waals surface area contributed by atoms with Gasteiger partial charge in [-0.15, -0.1) is 0 Å². The van der Waals surface area contributed by atoms with Crippen LogP contribution in [0, 0.1) is 18.6 Å². The van der Waals surface area contributed by atoms with Crippen LogP contribution in [-0.4, -0.2) is 29.7 Å². The molecule has 0 aliphatic carbocycles. The topological polar surface area (TPSA) is 105 Å². The van der Waals surface area contributed by atoms with Crippen molar-refractivity contribution < 1.29 is 27.8 Å². The first-order chi connectivity index (χ1) is 19.3. The summed E-state index contributed by atoms with van der Waals surface area (Å²) in [4.78, 5) is 29.2. The summed E-state index contributed by atoms with van der Waals surface area (Å²) in [6.07, 6.45) is 0.269. The Morgan fingerprint density at radius 3 is 2.60 bits per heavy atom. The number of para-hydroxylation sites is 2. The highest BCUT2D eigenvalue weighted by atomic mass is 19.1. The van der Waals surface area contributed by atoms with E-state index in [0.29, 0.717) is 28.1 Å². The van der Waals surface area contributed by atoms with Crippen molar-refractivity contribution in [2.75, 3.05) is 13.7 Å². The molecule has 9 heteroatoms. The smallest absolute Gasteiger partial charge is 0.343 e. The fourth-order valence-electron chi connectivity index (χ4n) is 5.03. The Balaban J connectivity index is 1.62. The monoisotopic (exact) mass is 544 g/mol. The summed E-state index contributed by atoms with van der Waals surface area (Å²) in [6.45, 7) is 1.68. The zero-order valence-electron chi connectivity index (χ0n) is 21.8. The Hall–Kier alpha value is -4.92. The lowest BCUT2D eigenvalue weighted by Crippen LogP contribution is -2.26. The number of aromatic hydroxyl groups is 1. The van der Waals surface area contributed by atoms with Gasteiger partial charge in [0.2, 0.25) is 0 Å². The number of benzene rings is 3. The molecule has 0 saturated heterocycles. The number of halogens is 2. The van der Waals surface area contributed by atoms with Crippen molar-refractivity contribution in [1.29, 1.82) is 0 Å². The molecule has 3 aromatic carbocycles. The summed E-state index contributed by atoms with van der Waals surface area (Å²) in [5.74, 6) is -2.87. The Kier molecular flexibility index (Phi) is 7.37. The Bertz CT molecular complexity index is 1780. The predicted molar refractivity (Wildman–Crippen MR) is 146 cm³/mol. The number of hydrogen-bond acceptors (Lipinski definition) is 5. The van der Waals surface area contributed by atoms with E-state index in [1.807, 2.05) is 24.3 Å². The number of carbonyl (C=O) groups is 1. The van der Waals surface area contributed by atoms with Gasteiger partial charge in [0.05, 0.1) is 24.2 Å². The van der Waals surface area contributed by atoms with Crippen LogP contribution in [0.4, 0.5) is 8.78 Å². The van der Waals surface area contributed by atoms with Crippen molar-refractivity contribution in [2.24, 2.45) is 0 Å². The third-order valence-corrected chi connectivity index (χ3v) is 6.79. The number of fused-ring (bicyclic) bond motifs is 1. The minimum atomic E-state index is -1.24. The van der Waals surface area contributed by atoms with Crippen LogP contribution in [0.25, 0.3) is 10.9 Å². The molecular formula is C31H26F2N2O5. The maximum atomic E-state index is 15.3. The van der Waals surface area contributed by atoms with Crippen LogP contribution in [-0.2, 0) is 6.42 Å². The van der Waals surface area contributed by atoms with Gasteiger partial charge in [-0.3, -0.25) is 4.79 Å². The van der Waals surface area contributed by atoms with E-state index in [2.05, 4.69) is 10.3 Å². The Morgan fingerprint density at radius 1 is 1.07 bits per heavy atom. The number of aromatic amines is 1. The first-order valence-electron chi connectivity index (χ1n) is 12.6. The van der Waals surface area contributed by atoms with Crippen molar-refractivity contribution in [2.45, 2.75) is 19.3 Å². The maximum Gasteiger partial charge on any atom is 0.343 e. The predicted octanol–water partition coefficient (Wildman–Crippen LogP) is 5.57. The van der Waals surface area contributed by atoms with Gasteiger partial charge in [-0.25, -0.2) is 13.6 Å². The summed E-state index contributed by atoms with van der Waals surface area (Å²) >= 11 is 0. The normalized spacial score (nSPS) is 11.9. The average molecular weight is 545 g/mol. The molecule has 204 valence electrons. The van der Waals surface area contributed by atoms with Crippen LogP contribution < -0.4 is 15.7 Å². The van der Waals surface area contributed by atoms with E-state index >= 15 is 4.39 Å². The summed E-state index contributed by atoms with van der Waals surface area (Å²) < 4.78 is 40.2. The van der Waals surface area contributed by atoms with Gasteiger partial charge in [0.25, 0.3) is 5.91 Å². The molecule has 5 rings (SSSR count). The van der Waals surface area contributed by atoms with Gasteiger partial charge in [0.15, 0.2) is 0 Å². The number of aryl methyl sites for hydroxylation is 1. The van der Waals surface area contributed by atoms with Crippen molar-refractivity contribution >= 4 is 16.8 Å². The lowest BCUT2D eigenvalue weighted by molar-refractivity contribution is 0.0951. The third-order valence-electron chi connectivity index (χ3n) is 6.79. The highest BCUT2D eigenvalue weighted by Gasteiger charge is 2.31. The molecule has 2 aromatic heterocycles. The Morgan fingerprint density at radius 2 is 1.82 bits per heavy atom. The van der Waals surface area contributed by atoms with Crippen LogP contribution in [0.1, 0.15) is 44.4 Å². The first kappa shape index (κ1) is 26.7. The minimum Gasteiger partial charge on any atom is -0.507 e. The number of carbonyl (C=O) groups excluding carboxylic acids is 1. The fraction of sp³-hybridized carbons (Fsp3) is 0.161. The van der Waals surface area contributed by atoms with E-state index in [0.717, 1.165) is 23.6 Å². The van der Waals surface area contributed by atoms with Crippen LogP contribution in [0.15, 0.2) is 82.0 Å². The molecular weight excluding hydrogens is 518 g/mol. The molecule has 40 heavy (non-hydrogen) atoms. The second-order valence-electron chi connectivity index (χ2n) is 9.31. The largest absolute Gasteiger partial charge is 0.507 e. The maximum absolute atomic E-state index is 15.3. The second kappa shape index (κ2) is 11.1. The quantitative estimate of drug-likeness (QED) is 0.237. The molecule has 7 nitrogen and oxygen atoms in total. The van der Waals surface area contributed by atoms with Crippen molar-refractivity contribution in [1.82, 2.24) is 10.3 Å². The molecule has 3 N–H and O–H groups in total. The van der Waals surface area contributed by atoms with E-state index in [1.165, 1.54) is 20.1 Å². The fourth-order valence-corrected chi connectivity index (χ4v) is 5.03. The van der Waals surface area contributed by atoms with Gasteiger partial charge in [0.1, 0.15) is 28.9 Å². The number of aromatic nitrogens is 1.